The van der Waals surface area contributed by atoms with Crippen molar-refractivity contribution >= 4 is 17.5 Å². The third-order valence-electron chi connectivity index (χ3n) is 3.34. The summed E-state index contributed by atoms with van der Waals surface area (Å²) in [6.07, 6.45) is -0.365. The van der Waals surface area contributed by atoms with E-state index in [1.807, 2.05) is 41.5 Å². The monoisotopic (exact) mass is 306 g/mol. The topological polar surface area (TPSA) is 92.4 Å². The molecule has 5 nitrogen and oxygen atoms in total. The van der Waals surface area contributed by atoms with Crippen LogP contribution in [-0.2, 0) is 20.4 Å². The first kappa shape index (κ1) is 18.0. The maximum atomic E-state index is 11.8. The number of aromatic hydroxyl groups is 1. The summed E-state index contributed by atoms with van der Waals surface area (Å²) in [6.45, 7) is 11.9. The Hall–Kier alpha value is -2.04. The molecule has 0 saturated heterocycles. The zero-order valence-electron chi connectivity index (χ0n) is 14.2. The average molecular weight is 306 g/mol. The average Bonchev–Trinajstić information content (AvgIpc) is 2.26. The molecule has 0 unspecified atom stereocenters. The molecule has 1 aromatic carbocycles. The minimum absolute atomic E-state index is 0.243. The zero-order valence-corrected chi connectivity index (χ0v) is 14.2. The van der Waals surface area contributed by atoms with E-state index in [4.69, 9.17) is 5.73 Å². The van der Waals surface area contributed by atoms with Crippen LogP contribution in [0.25, 0.3) is 0 Å². The first-order valence-electron chi connectivity index (χ1n) is 7.28. The molecule has 5 heteroatoms. The van der Waals surface area contributed by atoms with Crippen LogP contribution >= 0.6 is 0 Å². The molecule has 0 aliphatic carbocycles. The molecule has 0 aliphatic heterocycles. The number of hydrogen-bond acceptors (Lipinski definition) is 3. The molecule has 0 saturated carbocycles. The van der Waals surface area contributed by atoms with Gasteiger partial charge in [0.1, 0.15) is 12.2 Å². The van der Waals surface area contributed by atoms with Crippen LogP contribution in [-0.4, -0.2) is 16.9 Å². The van der Waals surface area contributed by atoms with Crippen molar-refractivity contribution in [3.63, 3.8) is 0 Å². The standard InChI is InChI=1S/C17H26N2O3/c1-16(2,3)11-7-10(19-14(21)9-13(18)20)8-12(15(11)22)17(4,5)6/h7-8,22H,9H2,1-6H3,(H2,18,20)(H,19,21). The van der Waals surface area contributed by atoms with Gasteiger partial charge in [-0.15, -0.1) is 0 Å². The summed E-state index contributed by atoms with van der Waals surface area (Å²) < 4.78 is 0. The number of phenolic OH excluding ortho intramolecular Hbond substituents is 1. The first-order chi connectivity index (χ1) is 9.82. The van der Waals surface area contributed by atoms with E-state index in [9.17, 15) is 14.7 Å². The van der Waals surface area contributed by atoms with Crippen molar-refractivity contribution in [3.8, 4) is 5.75 Å². The summed E-state index contributed by atoms with van der Waals surface area (Å²) in [5, 5.41) is 13.3. The predicted molar refractivity (Wildman–Crippen MR) is 87.9 cm³/mol. The summed E-state index contributed by atoms with van der Waals surface area (Å²) in [7, 11) is 0. The second-order valence-electron chi connectivity index (χ2n) is 7.61. The summed E-state index contributed by atoms with van der Waals surface area (Å²) >= 11 is 0. The van der Waals surface area contributed by atoms with Gasteiger partial charge in [0.2, 0.25) is 11.8 Å². The second kappa shape index (κ2) is 5.99. The maximum Gasteiger partial charge on any atom is 0.233 e. The fourth-order valence-electron chi connectivity index (χ4n) is 2.21. The van der Waals surface area contributed by atoms with Gasteiger partial charge in [0.05, 0.1) is 0 Å². The third-order valence-corrected chi connectivity index (χ3v) is 3.34. The van der Waals surface area contributed by atoms with Crippen LogP contribution in [0.1, 0.15) is 59.1 Å². The van der Waals surface area contributed by atoms with E-state index in [1.54, 1.807) is 12.1 Å². The lowest BCUT2D eigenvalue weighted by Gasteiger charge is -2.28. The number of rotatable bonds is 3. The van der Waals surface area contributed by atoms with Crippen LogP contribution < -0.4 is 11.1 Å². The number of phenols is 1. The van der Waals surface area contributed by atoms with Crippen LogP contribution in [0.4, 0.5) is 5.69 Å². The van der Waals surface area contributed by atoms with Gasteiger partial charge in [-0.3, -0.25) is 9.59 Å². The number of carbonyl (C=O) groups excluding carboxylic acids is 2. The maximum absolute atomic E-state index is 11.8. The number of nitrogens with one attached hydrogen (secondary N) is 1. The lowest BCUT2D eigenvalue weighted by Crippen LogP contribution is -2.23. The Morgan fingerprint density at radius 2 is 1.45 bits per heavy atom. The van der Waals surface area contributed by atoms with Crippen LogP contribution in [0.15, 0.2) is 12.1 Å². The van der Waals surface area contributed by atoms with E-state index in [2.05, 4.69) is 5.32 Å². The molecule has 0 heterocycles. The number of carbonyl (C=O) groups is 2. The zero-order chi connectivity index (χ0) is 17.3. The van der Waals surface area contributed by atoms with E-state index < -0.39 is 11.8 Å². The van der Waals surface area contributed by atoms with Gasteiger partial charge < -0.3 is 16.2 Å². The molecular weight excluding hydrogens is 280 g/mol. The highest BCUT2D eigenvalue weighted by Crippen LogP contribution is 2.40. The smallest absolute Gasteiger partial charge is 0.233 e. The SMILES string of the molecule is CC(C)(C)c1cc(NC(=O)CC(N)=O)cc(C(C)(C)C)c1O. The Morgan fingerprint density at radius 1 is 1.05 bits per heavy atom. The molecule has 0 aromatic heterocycles. The first-order valence-corrected chi connectivity index (χ1v) is 7.28. The molecule has 22 heavy (non-hydrogen) atoms. The summed E-state index contributed by atoms with van der Waals surface area (Å²) in [4.78, 5) is 22.6. The van der Waals surface area contributed by atoms with Gasteiger partial charge in [0, 0.05) is 16.8 Å². The van der Waals surface area contributed by atoms with Crippen LogP contribution in [0.2, 0.25) is 0 Å². The Balaban J connectivity index is 3.36. The normalized spacial score (nSPS) is 12.1. The molecule has 1 aromatic rings. The highest BCUT2D eigenvalue weighted by atomic mass is 16.3. The molecule has 0 radical (unpaired) electrons. The largest absolute Gasteiger partial charge is 0.507 e. The molecule has 2 amide bonds. The highest BCUT2D eigenvalue weighted by molar-refractivity contribution is 6.03. The molecule has 4 N–H and O–H groups in total. The van der Waals surface area contributed by atoms with Crippen LogP contribution in [0.5, 0.6) is 5.75 Å². The number of hydrogen-bond donors (Lipinski definition) is 3. The van der Waals surface area contributed by atoms with Crippen LogP contribution in [0.3, 0.4) is 0 Å². The Morgan fingerprint density at radius 3 is 1.77 bits per heavy atom. The van der Waals surface area contributed by atoms with Gasteiger partial charge in [0.25, 0.3) is 0 Å². The van der Waals surface area contributed by atoms with Crippen molar-refractivity contribution in [1.82, 2.24) is 0 Å². The van der Waals surface area contributed by atoms with Crippen molar-refractivity contribution in [2.24, 2.45) is 5.73 Å². The molecule has 0 spiro atoms. The van der Waals surface area contributed by atoms with Crippen molar-refractivity contribution in [2.75, 3.05) is 5.32 Å². The fourth-order valence-corrected chi connectivity index (χ4v) is 2.21. The highest BCUT2D eigenvalue weighted by Gasteiger charge is 2.26. The summed E-state index contributed by atoms with van der Waals surface area (Å²) in [6, 6.07) is 3.48. The van der Waals surface area contributed by atoms with Gasteiger partial charge in [0.15, 0.2) is 0 Å². The number of primary amides is 1. The Labute approximate surface area is 131 Å². The number of nitrogens with two attached hydrogens (primary N) is 1. The minimum atomic E-state index is -0.677. The van der Waals surface area contributed by atoms with Crippen LogP contribution in [0, 0.1) is 0 Å². The minimum Gasteiger partial charge on any atom is -0.507 e. The number of anilines is 1. The molecule has 0 fully saturated rings. The van der Waals surface area contributed by atoms with Crippen molar-refractivity contribution in [3.05, 3.63) is 23.3 Å². The molecular formula is C17H26N2O3. The van der Waals surface area contributed by atoms with E-state index in [0.717, 1.165) is 11.1 Å². The van der Waals surface area contributed by atoms with E-state index in [-0.39, 0.29) is 23.0 Å². The fraction of sp³-hybridized carbons (Fsp3) is 0.529. The van der Waals surface area contributed by atoms with Gasteiger partial charge >= 0.3 is 0 Å². The number of amides is 2. The van der Waals surface area contributed by atoms with Gasteiger partial charge in [-0.05, 0) is 23.0 Å². The number of benzene rings is 1. The van der Waals surface area contributed by atoms with Crippen molar-refractivity contribution in [1.29, 1.82) is 0 Å². The molecule has 122 valence electrons. The lowest BCUT2D eigenvalue weighted by molar-refractivity contribution is -0.124. The Bertz CT molecular complexity index is 558. The van der Waals surface area contributed by atoms with Crippen molar-refractivity contribution in [2.45, 2.75) is 58.8 Å². The van der Waals surface area contributed by atoms with E-state index >= 15 is 0 Å². The van der Waals surface area contributed by atoms with Gasteiger partial charge in [-0.1, -0.05) is 41.5 Å². The quantitative estimate of drug-likeness (QED) is 0.592. The molecule has 0 aliphatic rings. The Kier molecular flexibility index (Phi) is 4.90. The van der Waals surface area contributed by atoms with Gasteiger partial charge in [-0.2, -0.15) is 0 Å². The molecule has 0 atom stereocenters. The van der Waals surface area contributed by atoms with Crippen molar-refractivity contribution < 1.29 is 14.7 Å². The van der Waals surface area contributed by atoms with Gasteiger partial charge in [-0.25, -0.2) is 0 Å². The third kappa shape index (κ3) is 4.48. The van der Waals surface area contributed by atoms with E-state index in [0.29, 0.717) is 5.69 Å². The second-order valence-corrected chi connectivity index (χ2v) is 7.61. The predicted octanol–water partition coefficient (Wildman–Crippen LogP) is 2.80. The molecule has 1 rings (SSSR count). The van der Waals surface area contributed by atoms with E-state index in [1.165, 1.54) is 0 Å². The molecule has 0 bridgehead atoms. The summed E-state index contributed by atoms with van der Waals surface area (Å²) in [5.74, 6) is -0.894. The summed E-state index contributed by atoms with van der Waals surface area (Å²) in [5.41, 5.74) is 6.51. The lowest BCUT2D eigenvalue weighted by atomic mass is 9.79.